The van der Waals surface area contributed by atoms with Gasteiger partial charge in [-0.25, -0.2) is 0 Å². The van der Waals surface area contributed by atoms with Gasteiger partial charge in [0.15, 0.2) is 0 Å². The van der Waals surface area contributed by atoms with E-state index in [1.54, 1.807) is 6.08 Å². The quantitative estimate of drug-likeness (QED) is 0.0320. The number of unbranched alkanes of at least 4 members (excludes halogenated alkanes) is 48. The average molecular weight is 1090 g/mol. The summed E-state index contributed by atoms with van der Waals surface area (Å²) >= 11 is 0. The van der Waals surface area contributed by atoms with Gasteiger partial charge in [0.2, 0.25) is 5.91 Å². The fourth-order valence-electron chi connectivity index (χ4n) is 10.7. The summed E-state index contributed by atoms with van der Waals surface area (Å²) in [7, 11) is 0. The first-order chi connectivity index (χ1) is 38.5. The van der Waals surface area contributed by atoms with E-state index >= 15 is 0 Å². The maximum Gasteiger partial charge on any atom is 0.305 e. The Morgan fingerprint density at radius 3 is 0.987 bits per heavy atom. The van der Waals surface area contributed by atoms with Crippen molar-refractivity contribution in [3.8, 4) is 0 Å². The van der Waals surface area contributed by atoms with E-state index in [9.17, 15) is 19.8 Å². The molecular weight excluding hydrogens is 959 g/mol. The summed E-state index contributed by atoms with van der Waals surface area (Å²) in [6.07, 6.45) is 87.7. The van der Waals surface area contributed by atoms with Crippen LogP contribution in [0.5, 0.6) is 0 Å². The lowest BCUT2D eigenvalue weighted by Crippen LogP contribution is -2.45. The second kappa shape index (κ2) is 67.3. The molecule has 0 radical (unpaired) electrons. The number of aliphatic hydroxyl groups excluding tert-OH is 2. The minimum atomic E-state index is -0.842. The molecule has 6 nitrogen and oxygen atoms in total. The lowest BCUT2D eigenvalue weighted by Gasteiger charge is -2.20. The van der Waals surface area contributed by atoms with Crippen LogP contribution in [0, 0.1) is 0 Å². The van der Waals surface area contributed by atoms with E-state index in [4.69, 9.17) is 4.74 Å². The number of ether oxygens (including phenoxy) is 1. The molecule has 0 spiro atoms. The summed E-state index contributed by atoms with van der Waals surface area (Å²) in [5, 5.41) is 23.1. The molecule has 0 saturated heterocycles. The van der Waals surface area contributed by atoms with Gasteiger partial charge in [-0.1, -0.05) is 319 Å². The molecule has 0 aliphatic carbocycles. The van der Waals surface area contributed by atoms with Crippen LogP contribution in [0.1, 0.15) is 373 Å². The van der Waals surface area contributed by atoms with Gasteiger partial charge >= 0.3 is 5.97 Å². The standard InChI is InChI=1S/C72H135NO5/c1-3-5-7-9-11-13-15-16-38-42-46-50-54-58-62-66-72(77)78-67-63-59-55-51-47-43-40-37-35-33-31-29-27-25-23-21-19-17-18-20-22-24-26-28-30-32-34-36-39-41-45-49-53-57-61-65-71(76)73-69(68-74)70(75)64-60-56-52-48-44-14-12-10-8-6-4-2/h16,19,21,25,27,38,60,64,69-70,74-75H,3-15,17-18,20,22-24,26,28-37,39-59,61-63,65-68H2,1-2H3,(H,73,76)/b21-19-,27-25-,38-16-,64-60+. The predicted molar refractivity (Wildman–Crippen MR) is 342 cm³/mol. The van der Waals surface area contributed by atoms with Crippen molar-refractivity contribution in [1.82, 2.24) is 5.32 Å². The van der Waals surface area contributed by atoms with Crippen LogP contribution < -0.4 is 5.32 Å². The first-order valence-corrected chi connectivity index (χ1v) is 34.9. The third-order valence-electron chi connectivity index (χ3n) is 16.1. The smallest absolute Gasteiger partial charge is 0.305 e. The average Bonchev–Trinajstić information content (AvgIpc) is 3.44. The van der Waals surface area contributed by atoms with E-state index in [-0.39, 0.29) is 18.5 Å². The molecule has 78 heavy (non-hydrogen) atoms. The van der Waals surface area contributed by atoms with Crippen molar-refractivity contribution in [1.29, 1.82) is 0 Å². The molecule has 6 heteroatoms. The Bertz CT molecular complexity index is 1310. The number of allylic oxidation sites excluding steroid dienone is 7. The van der Waals surface area contributed by atoms with Gasteiger partial charge < -0.3 is 20.3 Å². The molecule has 1 amide bonds. The molecule has 0 aliphatic rings. The zero-order valence-electron chi connectivity index (χ0n) is 52.4. The third-order valence-corrected chi connectivity index (χ3v) is 16.1. The monoisotopic (exact) mass is 1090 g/mol. The first kappa shape index (κ1) is 75.8. The molecular formula is C72H135NO5. The molecule has 0 aliphatic heterocycles. The maximum atomic E-state index is 12.4. The molecule has 0 fully saturated rings. The van der Waals surface area contributed by atoms with Gasteiger partial charge in [-0.15, -0.1) is 0 Å². The van der Waals surface area contributed by atoms with Gasteiger partial charge in [0.1, 0.15) is 0 Å². The number of hydrogen-bond acceptors (Lipinski definition) is 5. The Labute approximate surface area is 486 Å². The van der Waals surface area contributed by atoms with Crippen LogP contribution in [-0.4, -0.2) is 47.4 Å². The Morgan fingerprint density at radius 2 is 0.641 bits per heavy atom. The number of carbonyl (C=O) groups excluding carboxylic acids is 2. The maximum absolute atomic E-state index is 12.4. The molecule has 0 bridgehead atoms. The molecule has 0 saturated carbocycles. The van der Waals surface area contributed by atoms with Gasteiger partial charge in [0.05, 0.1) is 25.4 Å². The van der Waals surface area contributed by atoms with E-state index < -0.39 is 12.1 Å². The van der Waals surface area contributed by atoms with Crippen LogP contribution in [0.4, 0.5) is 0 Å². The second-order valence-corrected chi connectivity index (χ2v) is 23.9. The number of nitrogens with one attached hydrogen (secondary N) is 1. The zero-order chi connectivity index (χ0) is 56.4. The minimum Gasteiger partial charge on any atom is -0.466 e. The Balaban J connectivity index is 3.37. The van der Waals surface area contributed by atoms with E-state index in [0.717, 1.165) is 51.4 Å². The van der Waals surface area contributed by atoms with Gasteiger partial charge in [-0.05, 0) is 89.9 Å². The number of rotatable bonds is 65. The molecule has 3 N–H and O–H groups in total. The SMILES string of the molecule is CCCCCCCC/C=C\CCCCCCCC(=O)OCCCCCCCCCCCCC/C=C\C/C=C\CCCCCCCCCCCCCCCCCCCC(=O)NC(CO)C(O)/C=C/CCCCCCCCCCC. The summed E-state index contributed by atoms with van der Waals surface area (Å²) in [5.74, 6) is -0.0575. The topological polar surface area (TPSA) is 95.9 Å². The van der Waals surface area contributed by atoms with Gasteiger partial charge in [-0.3, -0.25) is 9.59 Å². The zero-order valence-corrected chi connectivity index (χ0v) is 52.4. The largest absolute Gasteiger partial charge is 0.466 e. The fraction of sp³-hybridized carbons (Fsp3) is 0.861. The Kier molecular flexibility index (Phi) is 65.4. The highest BCUT2D eigenvalue weighted by atomic mass is 16.5. The number of hydrogen-bond donors (Lipinski definition) is 3. The van der Waals surface area contributed by atoms with Gasteiger partial charge in [0.25, 0.3) is 0 Å². The van der Waals surface area contributed by atoms with Crippen LogP contribution in [0.3, 0.4) is 0 Å². The van der Waals surface area contributed by atoms with Crippen LogP contribution in [0.25, 0.3) is 0 Å². The molecule has 0 aromatic heterocycles. The van der Waals surface area contributed by atoms with Crippen LogP contribution >= 0.6 is 0 Å². The van der Waals surface area contributed by atoms with E-state index in [1.165, 1.54) is 295 Å². The van der Waals surface area contributed by atoms with Crippen LogP contribution in [0.2, 0.25) is 0 Å². The number of aliphatic hydroxyl groups is 2. The number of amides is 1. The van der Waals surface area contributed by atoms with Crippen LogP contribution in [-0.2, 0) is 14.3 Å². The fourth-order valence-corrected chi connectivity index (χ4v) is 10.7. The predicted octanol–water partition coefficient (Wildman–Crippen LogP) is 22.5. The van der Waals surface area contributed by atoms with E-state index in [0.29, 0.717) is 19.4 Å². The normalized spacial score (nSPS) is 12.8. The summed E-state index contributed by atoms with van der Waals surface area (Å²) in [5.41, 5.74) is 0. The molecule has 0 aromatic carbocycles. The summed E-state index contributed by atoms with van der Waals surface area (Å²) in [4.78, 5) is 24.5. The first-order valence-electron chi connectivity index (χ1n) is 34.9. The molecule has 2 atom stereocenters. The molecule has 458 valence electrons. The lowest BCUT2D eigenvalue weighted by atomic mass is 10.0. The van der Waals surface area contributed by atoms with Gasteiger partial charge in [-0.2, -0.15) is 0 Å². The second-order valence-electron chi connectivity index (χ2n) is 23.9. The van der Waals surface area contributed by atoms with E-state index in [1.807, 2.05) is 6.08 Å². The van der Waals surface area contributed by atoms with Crippen molar-refractivity contribution >= 4 is 11.9 Å². The summed E-state index contributed by atoms with van der Waals surface area (Å²) in [6.45, 7) is 4.90. The highest BCUT2D eigenvalue weighted by Gasteiger charge is 2.18. The van der Waals surface area contributed by atoms with Crippen molar-refractivity contribution in [2.24, 2.45) is 0 Å². The van der Waals surface area contributed by atoms with Crippen molar-refractivity contribution in [2.45, 2.75) is 386 Å². The Hall–Kier alpha value is -2.18. The third kappa shape index (κ3) is 63.0. The molecule has 0 heterocycles. The molecule has 0 rings (SSSR count). The van der Waals surface area contributed by atoms with Crippen molar-refractivity contribution in [2.75, 3.05) is 13.2 Å². The summed E-state index contributed by atoms with van der Waals surface area (Å²) in [6, 6.07) is -0.625. The van der Waals surface area contributed by atoms with Gasteiger partial charge in [0, 0.05) is 12.8 Å². The van der Waals surface area contributed by atoms with Crippen molar-refractivity contribution in [3.63, 3.8) is 0 Å². The Morgan fingerprint density at radius 1 is 0.359 bits per heavy atom. The minimum absolute atomic E-state index is 0.00858. The van der Waals surface area contributed by atoms with E-state index in [2.05, 4.69) is 55.6 Å². The molecule has 2 unspecified atom stereocenters. The van der Waals surface area contributed by atoms with Crippen LogP contribution in [0.15, 0.2) is 48.6 Å². The highest BCUT2D eigenvalue weighted by Crippen LogP contribution is 2.18. The lowest BCUT2D eigenvalue weighted by molar-refractivity contribution is -0.143. The van der Waals surface area contributed by atoms with Crippen molar-refractivity contribution < 1.29 is 24.5 Å². The van der Waals surface area contributed by atoms with Crippen molar-refractivity contribution in [3.05, 3.63) is 48.6 Å². The molecule has 0 aromatic rings. The number of esters is 1. The highest BCUT2D eigenvalue weighted by molar-refractivity contribution is 5.76. The number of carbonyl (C=O) groups is 2. The summed E-state index contributed by atoms with van der Waals surface area (Å²) < 4.78 is 5.49.